The molecule has 43 heavy (non-hydrogen) atoms. The summed E-state index contributed by atoms with van der Waals surface area (Å²) in [5.41, 5.74) is 1.47. The molecule has 2 saturated carbocycles. The summed E-state index contributed by atoms with van der Waals surface area (Å²) < 4.78 is 84.5. The van der Waals surface area contributed by atoms with Gasteiger partial charge in [-0.15, -0.1) is 9.82 Å². The predicted molar refractivity (Wildman–Crippen MR) is 147 cm³/mol. The second kappa shape index (κ2) is 11.9. The average Bonchev–Trinajstić information content (AvgIpc) is 3.48. The largest absolute Gasteiger partial charge is 0.598 e. The van der Waals surface area contributed by atoms with Crippen molar-refractivity contribution in [2.24, 2.45) is 11.8 Å². The van der Waals surface area contributed by atoms with Crippen LogP contribution in [-0.4, -0.2) is 56.9 Å². The van der Waals surface area contributed by atoms with Crippen molar-refractivity contribution in [2.45, 2.75) is 101 Å². The van der Waals surface area contributed by atoms with Crippen molar-refractivity contribution < 1.29 is 31.3 Å². The Morgan fingerprint density at radius 2 is 1.79 bits per heavy atom. The third-order valence-corrected chi connectivity index (χ3v) is 9.48. The third kappa shape index (κ3) is 7.81. The van der Waals surface area contributed by atoms with Gasteiger partial charge in [0, 0.05) is 24.2 Å². The first-order valence-electron chi connectivity index (χ1n) is 14.3. The minimum absolute atomic E-state index is 0.113. The van der Waals surface area contributed by atoms with Crippen LogP contribution in [0.25, 0.3) is 5.65 Å². The number of aromatic nitrogens is 6. The number of carbonyl (C=O) groups is 1. The fourth-order valence-electron chi connectivity index (χ4n) is 5.26. The van der Waals surface area contributed by atoms with Crippen LogP contribution in [0, 0.1) is 11.8 Å². The molecule has 5 rings (SSSR count). The Labute approximate surface area is 248 Å². The number of hydrogen-bond donors (Lipinski definition) is 2. The second-order valence-electron chi connectivity index (χ2n) is 12.4. The Hall–Kier alpha value is -2.85. The maximum atomic E-state index is 14.0. The number of amides is 1. The molecule has 2 aliphatic carbocycles. The number of aryl methyl sites for hydroxylation is 1. The molecule has 10 nitrogen and oxygen atoms in total. The molecule has 16 heteroatoms. The molecule has 0 aromatic carbocycles. The summed E-state index contributed by atoms with van der Waals surface area (Å²) in [5.74, 6) is -3.64. The summed E-state index contributed by atoms with van der Waals surface area (Å²) in [6.07, 6.45) is 0.196. The van der Waals surface area contributed by atoms with Crippen molar-refractivity contribution in [2.75, 3.05) is 0 Å². The van der Waals surface area contributed by atoms with Crippen molar-refractivity contribution in [1.29, 1.82) is 0 Å². The molecule has 0 bridgehead atoms. The van der Waals surface area contributed by atoms with Gasteiger partial charge in [-0.05, 0) is 69.9 Å². The van der Waals surface area contributed by atoms with Gasteiger partial charge in [0.2, 0.25) is 5.92 Å². The van der Waals surface area contributed by atoms with Gasteiger partial charge in [-0.3, -0.25) is 4.79 Å². The number of imidazole rings is 1. The third-order valence-electron chi connectivity index (χ3n) is 7.90. The van der Waals surface area contributed by atoms with E-state index in [4.69, 9.17) is 4.98 Å². The summed E-state index contributed by atoms with van der Waals surface area (Å²) in [7, 11) is 0. The Kier molecular flexibility index (Phi) is 8.75. The van der Waals surface area contributed by atoms with Crippen LogP contribution in [0.1, 0.15) is 99.5 Å². The lowest BCUT2D eigenvalue weighted by Gasteiger charge is -2.33. The summed E-state index contributed by atoms with van der Waals surface area (Å²) in [6, 6.07) is 0.819. The molecule has 2 N–H and O–H groups in total. The molecule has 2 aliphatic rings. The topological polar surface area (TPSA) is 125 Å². The Bertz CT molecular complexity index is 1420. The first-order chi connectivity index (χ1) is 20.1. The average molecular weight is 631 g/mol. The van der Waals surface area contributed by atoms with Crippen LogP contribution in [0.4, 0.5) is 22.0 Å². The summed E-state index contributed by atoms with van der Waals surface area (Å²) in [5, 5.41) is 14.5. The minimum Gasteiger partial charge on any atom is -0.598 e. The smallest absolute Gasteiger partial charge is 0.390 e. The molecular formula is C27H35F5N8O2S. The van der Waals surface area contributed by atoms with Crippen LogP contribution in [0.2, 0.25) is 0 Å². The zero-order chi connectivity index (χ0) is 31.2. The van der Waals surface area contributed by atoms with Crippen molar-refractivity contribution in [3.8, 4) is 0 Å². The number of carbonyl (C=O) groups excluding carboxylic acids is 1. The first-order valence-corrected chi connectivity index (χ1v) is 15.4. The van der Waals surface area contributed by atoms with E-state index in [0.717, 1.165) is 29.3 Å². The van der Waals surface area contributed by atoms with Crippen LogP contribution < -0.4 is 10.0 Å². The highest BCUT2D eigenvalue weighted by molar-refractivity contribution is 7.90. The van der Waals surface area contributed by atoms with E-state index in [1.165, 1.54) is 4.52 Å². The SMILES string of the molecule is CC(C)(C)[S+]([O-])NC(c1cnn2cc([C@@H](NC(=O)c3cnnn3CCC(F)(F)F)C3CCC(F)(F)CC3)nc2c1)C1CC1. The predicted octanol–water partition coefficient (Wildman–Crippen LogP) is 5.07. The zero-order valence-electron chi connectivity index (χ0n) is 24.1. The van der Waals surface area contributed by atoms with Crippen LogP contribution in [0.5, 0.6) is 0 Å². The van der Waals surface area contributed by atoms with Crippen LogP contribution in [0.15, 0.2) is 24.7 Å². The van der Waals surface area contributed by atoms with Gasteiger partial charge in [0.1, 0.15) is 10.4 Å². The maximum absolute atomic E-state index is 14.0. The lowest BCUT2D eigenvalue weighted by Crippen LogP contribution is -2.41. The van der Waals surface area contributed by atoms with Gasteiger partial charge in [0.05, 0.1) is 49.3 Å². The highest BCUT2D eigenvalue weighted by atomic mass is 32.2. The molecule has 3 aromatic heterocycles. The number of nitrogens with one attached hydrogen (secondary N) is 2. The van der Waals surface area contributed by atoms with E-state index in [1.54, 1.807) is 12.4 Å². The molecule has 2 unspecified atom stereocenters. The van der Waals surface area contributed by atoms with Crippen LogP contribution in [-0.2, 0) is 17.9 Å². The fraction of sp³-hybridized carbons (Fsp3) is 0.667. The first kappa shape index (κ1) is 31.6. The standard InChI is InChI=1S/C27H35F5N8O2S/c1-25(2,3)43(42)37-22(16-4-5-16)18-12-21-35-19(15-40(21)34-13-18)23(17-6-8-26(28,29)9-7-17)36-24(41)20-14-33-38-39(20)11-10-27(30,31)32/h12-17,22-23,37H,4-11H2,1-3H3,(H,36,41)/t22?,23-,43?/m0/s1. The molecular weight excluding hydrogens is 595 g/mol. The highest BCUT2D eigenvalue weighted by Crippen LogP contribution is 2.43. The Balaban J connectivity index is 1.42. The van der Waals surface area contributed by atoms with Gasteiger partial charge in [-0.25, -0.2) is 23.0 Å². The van der Waals surface area contributed by atoms with E-state index in [9.17, 15) is 31.3 Å². The van der Waals surface area contributed by atoms with Gasteiger partial charge >= 0.3 is 6.18 Å². The van der Waals surface area contributed by atoms with E-state index in [1.807, 2.05) is 26.8 Å². The minimum atomic E-state index is -4.45. The molecule has 236 valence electrons. The molecule has 2 fully saturated rings. The van der Waals surface area contributed by atoms with E-state index >= 15 is 0 Å². The van der Waals surface area contributed by atoms with Gasteiger partial charge in [0.25, 0.3) is 5.91 Å². The summed E-state index contributed by atoms with van der Waals surface area (Å²) in [4.78, 5) is 18.0. The number of nitrogens with zero attached hydrogens (tertiary/aromatic N) is 6. The monoisotopic (exact) mass is 630 g/mol. The molecule has 0 spiro atoms. The molecule has 0 radical (unpaired) electrons. The number of rotatable bonds is 10. The number of fused-ring (bicyclic) bond motifs is 1. The molecule has 1 amide bonds. The van der Waals surface area contributed by atoms with Gasteiger partial charge < -0.3 is 9.87 Å². The number of alkyl halides is 5. The summed E-state index contributed by atoms with van der Waals surface area (Å²) in [6.45, 7) is 5.07. The van der Waals surface area contributed by atoms with Crippen molar-refractivity contribution in [3.63, 3.8) is 0 Å². The van der Waals surface area contributed by atoms with E-state index in [0.29, 0.717) is 17.3 Å². The molecule has 3 atom stereocenters. The molecule has 3 heterocycles. The number of halogens is 5. The van der Waals surface area contributed by atoms with Gasteiger partial charge in [-0.2, -0.15) is 18.3 Å². The highest BCUT2D eigenvalue weighted by Gasteiger charge is 2.41. The molecule has 0 aliphatic heterocycles. The van der Waals surface area contributed by atoms with Crippen molar-refractivity contribution in [1.82, 2.24) is 39.6 Å². The lowest BCUT2D eigenvalue weighted by atomic mass is 9.81. The Morgan fingerprint density at radius 1 is 1.12 bits per heavy atom. The lowest BCUT2D eigenvalue weighted by molar-refractivity contribution is -0.137. The number of hydrogen-bond acceptors (Lipinski definition) is 7. The molecule has 0 saturated heterocycles. The van der Waals surface area contributed by atoms with Crippen LogP contribution >= 0.6 is 0 Å². The fourth-order valence-corrected chi connectivity index (χ4v) is 6.18. The van der Waals surface area contributed by atoms with Crippen molar-refractivity contribution >= 4 is 22.9 Å². The van der Waals surface area contributed by atoms with E-state index in [-0.39, 0.29) is 37.4 Å². The quantitative estimate of drug-likeness (QED) is 0.237. The maximum Gasteiger partial charge on any atom is 0.390 e. The second-order valence-corrected chi connectivity index (χ2v) is 14.4. The normalized spacial score (nSPS) is 20.2. The van der Waals surface area contributed by atoms with E-state index in [2.05, 4.69) is 25.4 Å². The van der Waals surface area contributed by atoms with Crippen LogP contribution in [0.3, 0.4) is 0 Å². The summed E-state index contributed by atoms with van der Waals surface area (Å²) >= 11 is -1.31. The van der Waals surface area contributed by atoms with Gasteiger partial charge in [0.15, 0.2) is 5.65 Å². The molecule has 3 aromatic rings. The van der Waals surface area contributed by atoms with Gasteiger partial charge in [-0.1, -0.05) is 5.21 Å². The Morgan fingerprint density at radius 3 is 2.42 bits per heavy atom. The van der Waals surface area contributed by atoms with Crippen molar-refractivity contribution in [3.05, 3.63) is 41.6 Å². The zero-order valence-corrected chi connectivity index (χ0v) is 24.9. The van der Waals surface area contributed by atoms with E-state index < -0.39 is 59.0 Å².